The summed E-state index contributed by atoms with van der Waals surface area (Å²) in [5.41, 5.74) is 1.20. The summed E-state index contributed by atoms with van der Waals surface area (Å²) in [6.45, 7) is 1.46. The van der Waals surface area contributed by atoms with E-state index in [0.717, 1.165) is 5.69 Å². The van der Waals surface area contributed by atoms with Gasteiger partial charge in [-0.1, -0.05) is 0 Å². The Labute approximate surface area is 152 Å². The Bertz CT molecular complexity index is 946. The van der Waals surface area contributed by atoms with Crippen molar-refractivity contribution in [2.45, 2.75) is 13.0 Å². The van der Waals surface area contributed by atoms with Gasteiger partial charge >= 0.3 is 152 Å². The van der Waals surface area contributed by atoms with E-state index in [1.807, 2.05) is 6.92 Å². The number of aryl methyl sites for hydroxylation is 1. The molecule has 7 nitrogen and oxygen atoms in total. The maximum atomic E-state index is 9.64. The molecule has 0 aliphatic heterocycles. The predicted octanol–water partition coefficient (Wildman–Crippen LogP) is 2.22. The summed E-state index contributed by atoms with van der Waals surface area (Å²) in [6.07, 6.45) is 3.85. The summed E-state index contributed by atoms with van der Waals surface area (Å²) in [4.78, 5) is 16.2. The molecular weight excluding hydrogens is 363 g/mol. The van der Waals surface area contributed by atoms with Gasteiger partial charge in [-0.3, -0.25) is 0 Å². The summed E-state index contributed by atoms with van der Waals surface area (Å²) < 4.78 is 5.87. The van der Waals surface area contributed by atoms with Gasteiger partial charge in [-0.05, 0) is 0 Å². The molecule has 3 N–H and O–H groups in total. The molecule has 0 spiro atoms. The fourth-order valence-electron chi connectivity index (χ4n) is 1.98. The SMILES string of the molecule is Cc1ncccc1Oc1cc(Cl)cnc1/N=c1/[nH]c(C(O)CO)bs1. The number of nitrogens with one attached hydrogen (secondary N) is 1. The van der Waals surface area contributed by atoms with Crippen LogP contribution in [0.15, 0.2) is 35.6 Å². The van der Waals surface area contributed by atoms with Gasteiger partial charge in [0.15, 0.2) is 0 Å². The number of rotatable bonds is 5. The molecule has 0 saturated carbocycles. The number of hydrogen-bond donors (Lipinski definition) is 3. The van der Waals surface area contributed by atoms with Crippen LogP contribution in [0.5, 0.6) is 11.5 Å². The third-order valence-corrected chi connectivity index (χ3v) is 4.26. The van der Waals surface area contributed by atoms with E-state index in [-0.39, 0.29) is 6.61 Å². The second-order valence-electron chi connectivity index (χ2n) is 5.10. The fourth-order valence-corrected chi connectivity index (χ4v) is 2.90. The van der Waals surface area contributed by atoms with Crippen LogP contribution in [0.25, 0.3) is 0 Å². The van der Waals surface area contributed by atoms with Crippen LogP contribution in [0.2, 0.25) is 5.02 Å². The topological polar surface area (TPSA) is 104 Å². The minimum absolute atomic E-state index is 0.329. The summed E-state index contributed by atoms with van der Waals surface area (Å²) >= 11 is 7.30. The van der Waals surface area contributed by atoms with Gasteiger partial charge in [-0.2, -0.15) is 0 Å². The molecule has 0 bridgehead atoms. The molecule has 3 aromatic heterocycles. The summed E-state index contributed by atoms with van der Waals surface area (Å²) in [6, 6.07) is 5.18. The van der Waals surface area contributed by atoms with Crippen molar-refractivity contribution in [3.63, 3.8) is 0 Å². The molecule has 128 valence electrons. The van der Waals surface area contributed by atoms with Crippen molar-refractivity contribution in [3.05, 3.63) is 51.7 Å². The first-order valence-corrected chi connectivity index (χ1v) is 8.59. The molecule has 10 heteroatoms. The van der Waals surface area contributed by atoms with Crippen LogP contribution in [-0.4, -0.2) is 37.9 Å². The Morgan fingerprint density at radius 1 is 1.44 bits per heavy atom. The maximum absolute atomic E-state index is 9.64. The molecule has 3 aromatic rings. The molecule has 0 aromatic carbocycles. The number of ether oxygens (including phenoxy) is 1. The van der Waals surface area contributed by atoms with E-state index in [9.17, 15) is 5.11 Å². The summed E-state index contributed by atoms with van der Waals surface area (Å²) in [7, 11) is 0. The summed E-state index contributed by atoms with van der Waals surface area (Å²) in [5, 5.41) is 19.1. The van der Waals surface area contributed by atoms with E-state index < -0.39 is 6.10 Å². The third kappa shape index (κ3) is 4.32. The van der Waals surface area contributed by atoms with Crippen molar-refractivity contribution in [2.75, 3.05) is 6.61 Å². The quantitative estimate of drug-likeness (QED) is 0.633. The molecule has 0 saturated heterocycles. The van der Waals surface area contributed by atoms with Crippen LogP contribution in [0, 0.1) is 6.92 Å². The Kier molecular flexibility index (Phi) is 5.59. The number of H-pyrrole nitrogens is 1. The van der Waals surface area contributed by atoms with Gasteiger partial charge in [0.2, 0.25) is 0 Å². The van der Waals surface area contributed by atoms with Gasteiger partial charge in [0.1, 0.15) is 0 Å². The van der Waals surface area contributed by atoms with Crippen molar-refractivity contribution in [2.24, 2.45) is 4.99 Å². The van der Waals surface area contributed by atoms with Gasteiger partial charge in [0, 0.05) is 0 Å². The number of pyridine rings is 2. The van der Waals surface area contributed by atoms with Gasteiger partial charge in [-0.25, -0.2) is 0 Å². The minimum atomic E-state index is -0.979. The molecule has 0 amide bonds. The van der Waals surface area contributed by atoms with Crippen LogP contribution in [-0.2, 0) is 0 Å². The molecule has 0 aliphatic carbocycles. The molecule has 0 aliphatic rings. The first kappa shape index (κ1) is 17.7. The van der Waals surface area contributed by atoms with E-state index in [1.165, 1.54) is 17.4 Å². The molecule has 1 unspecified atom stereocenters. The van der Waals surface area contributed by atoms with E-state index >= 15 is 0 Å². The number of aromatic nitrogens is 3. The molecule has 3 heterocycles. The Morgan fingerprint density at radius 2 is 2.28 bits per heavy atom. The van der Waals surface area contributed by atoms with Crippen LogP contribution >= 0.6 is 22.8 Å². The van der Waals surface area contributed by atoms with Crippen LogP contribution in [0.3, 0.4) is 0 Å². The van der Waals surface area contributed by atoms with E-state index in [4.69, 9.17) is 21.4 Å². The Hall–Kier alpha value is -2.07. The average Bonchev–Trinajstić information content (AvgIpc) is 3.07. The Morgan fingerprint density at radius 3 is 3.04 bits per heavy atom. The normalized spacial score (nSPS) is 12.9. The zero-order valence-electron chi connectivity index (χ0n) is 13.2. The summed E-state index contributed by atoms with van der Waals surface area (Å²) in [5.74, 6) is 1.29. The van der Waals surface area contributed by atoms with Gasteiger partial charge < -0.3 is 0 Å². The number of aliphatic hydroxyl groups is 2. The number of hydrogen-bond acceptors (Lipinski definition) is 7. The first-order chi connectivity index (χ1) is 12.1. The zero-order chi connectivity index (χ0) is 17.8. The van der Waals surface area contributed by atoms with Crippen molar-refractivity contribution in [3.8, 4) is 11.5 Å². The molecule has 0 radical (unpaired) electrons. The number of aliphatic hydroxyl groups excluding tert-OH is 2. The molecular formula is C15H14BClN4O3S. The van der Waals surface area contributed by atoms with Crippen molar-refractivity contribution in [1.29, 1.82) is 0 Å². The van der Waals surface area contributed by atoms with E-state index in [2.05, 4.69) is 19.9 Å². The van der Waals surface area contributed by atoms with E-state index in [0.29, 0.717) is 32.7 Å². The van der Waals surface area contributed by atoms with E-state index in [1.54, 1.807) is 30.6 Å². The average molecular weight is 377 g/mol. The predicted molar refractivity (Wildman–Crippen MR) is 95.6 cm³/mol. The van der Waals surface area contributed by atoms with Crippen molar-refractivity contribution < 1.29 is 14.9 Å². The van der Waals surface area contributed by atoms with Crippen molar-refractivity contribution >= 4 is 34.8 Å². The third-order valence-electron chi connectivity index (χ3n) is 3.27. The number of halogens is 1. The van der Waals surface area contributed by atoms with Gasteiger partial charge in [0.05, 0.1) is 0 Å². The molecule has 25 heavy (non-hydrogen) atoms. The Balaban J connectivity index is 1.98. The van der Waals surface area contributed by atoms with Crippen LogP contribution in [0.1, 0.15) is 17.4 Å². The van der Waals surface area contributed by atoms with Gasteiger partial charge in [0.25, 0.3) is 0 Å². The number of aromatic amines is 1. The van der Waals surface area contributed by atoms with Crippen LogP contribution in [0.4, 0.5) is 5.82 Å². The van der Waals surface area contributed by atoms with Crippen molar-refractivity contribution in [1.82, 2.24) is 15.0 Å². The van der Waals surface area contributed by atoms with Gasteiger partial charge in [-0.15, -0.1) is 0 Å². The second kappa shape index (κ2) is 7.88. The zero-order valence-corrected chi connectivity index (χ0v) is 14.8. The monoisotopic (exact) mass is 376 g/mol. The fraction of sp³-hybridized carbons (Fsp3) is 0.200. The molecule has 3 rings (SSSR count). The molecule has 0 fully saturated rings. The first-order valence-electron chi connectivity index (χ1n) is 7.33. The van der Waals surface area contributed by atoms with Crippen LogP contribution < -0.4 is 9.54 Å². The standard InChI is InChI=1S/C15H14BClN4O3S/c1-8-11(3-2-4-18-8)24-12-5-9(17)6-19-14(12)21-15-20-13(16-25-15)10(23)7-22/h2-6,10,22-23H,7H2,1H3,(H,19,20,21). The molecule has 1 atom stereocenters. The number of nitrogens with zero attached hydrogens (tertiary/aromatic N) is 3. The second-order valence-corrected chi connectivity index (χ2v) is 6.39.